The van der Waals surface area contributed by atoms with Gasteiger partial charge in [0.05, 0.1) is 11.6 Å². The van der Waals surface area contributed by atoms with Crippen LogP contribution in [0.25, 0.3) is 0 Å². The fraction of sp³-hybridized carbons (Fsp3) is 0.619. The lowest BCUT2D eigenvalue weighted by molar-refractivity contribution is -0.157. The molecule has 2 N–H and O–H groups in total. The van der Waals surface area contributed by atoms with Crippen LogP contribution in [-0.2, 0) is 16.6 Å². The Balaban J connectivity index is 2.17. The molecule has 0 bridgehead atoms. The smallest absolute Gasteiger partial charge is 0.309 e. The van der Waals surface area contributed by atoms with Gasteiger partial charge in [0.1, 0.15) is 0 Å². The molecule has 4 heteroatoms. The van der Waals surface area contributed by atoms with Gasteiger partial charge in [-0.1, -0.05) is 38.4 Å². The van der Waals surface area contributed by atoms with Crippen molar-refractivity contribution >= 4 is 12.2 Å². The van der Waals surface area contributed by atoms with Crippen molar-refractivity contribution in [3.8, 4) is 0 Å². The molecule has 0 spiro atoms. The maximum Gasteiger partial charge on any atom is 0.309 e. The van der Waals surface area contributed by atoms with Gasteiger partial charge in [0.2, 0.25) is 0 Å². The molecule has 0 heterocycles. The topological polar surface area (TPSA) is 69.9 Å². The van der Waals surface area contributed by atoms with Crippen LogP contribution in [0.2, 0.25) is 0 Å². The van der Waals surface area contributed by atoms with Crippen LogP contribution in [0.4, 0.5) is 0 Å². The average Bonchev–Trinajstić information content (AvgIpc) is 2.54. The van der Waals surface area contributed by atoms with Gasteiger partial charge in [-0.05, 0) is 78.2 Å². The molecule has 0 saturated heterocycles. The third kappa shape index (κ3) is 2.66. The Kier molecular flexibility index (Phi) is 4.42. The van der Waals surface area contributed by atoms with E-state index in [-0.39, 0.29) is 11.3 Å². The predicted molar refractivity (Wildman–Crippen MR) is 98.7 cm³/mol. The summed E-state index contributed by atoms with van der Waals surface area (Å²) in [6.45, 7) is 8.46. The van der Waals surface area contributed by atoms with Crippen molar-refractivity contribution in [3.63, 3.8) is 0 Å². The van der Waals surface area contributed by atoms with Crippen molar-refractivity contribution < 1.29 is 15.1 Å². The first kappa shape index (κ1) is 18.0. The first-order chi connectivity index (χ1) is 11.7. The number of carboxylic acid groups (broad SMARTS) is 1. The van der Waals surface area contributed by atoms with Gasteiger partial charge >= 0.3 is 5.97 Å². The Bertz CT molecular complexity index is 724. The second-order valence-corrected chi connectivity index (χ2v) is 8.62. The summed E-state index contributed by atoms with van der Waals surface area (Å²) in [4.78, 5) is 12.0. The minimum Gasteiger partial charge on any atom is -0.481 e. The summed E-state index contributed by atoms with van der Waals surface area (Å²) in [6.07, 6.45) is 6.08. The molecule has 1 aromatic carbocycles. The molecule has 3 atom stereocenters. The van der Waals surface area contributed by atoms with E-state index in [2.05, 4.69) is 38.1 Å². The molecule has 0 aromatic heterocycles. The van der Waals surface area contributed by atoms with Crippen LogP contribution in [0.15, 0.2) is 17.3 Å². The van der Waals surface area contributed by atoms with Crippen molar-refractivity contribution in [1.82, 2.24) is 0 Å². The van der Waals surface area contributed by atoms with Gasteiger partial charge in [0.15, 0.2) is 0 Å². The maximum atomic E-state index is 12.0. The maximum absolute atomic E-state index is 12.0. The second kappa shape index (κ2) is 6.15. The third-order valence-corrected chi connectivity index (χ3v) is 6.86. The number of hydrogen-bond donors (Lipinski definition) is 2. The summed E-state index contributed by atoms with van der Waals surface area (Å²) in [6, 6.07) is 4.41. The predicted octanol–water partition coefficient (Wildman–Crippen LogP) is 4.71. The number of carbonyl (C=O) groups is 1. The Morgan fingerprint density at radius 1 is 1.32 bits per heavy atom. The standard InChI is InChI=1S/C21H29NO3/c1-13(2)16-10-14-6-7-18-20(3,17(14)11-15(16)12-22-25)8-5-9-21(18,4)19(23)24/h10-13,18,25H,5-9H2,1-4H3,(H,23,24)/b22-12+/t18?,20-,21-/m1/s1. The number of nitrogens with zero attached hydrogens (tertiary/aromatic N) is 1. The molecule has 0 aliphatic heterocycles. The highest BCUT2D eigenvalue weighted by atomic mass is 16.4. The normalized spacial score (nSPS) is 31.8. The zero-order valence-electron chi connectivity index (χ0n) is 15.7. The van der Waals surface area contributed by atoms with Crippen molar-refractivity contribution in [2.75, 3.05) is 0 Å². The van der Waals surface area contributed by atoms with Gasteiger partial charge in [-0.25, -0.2) is 0 Å². The number of fused-ring (bicyclic) bond motifs is 3. The number of carboxylic acids is 1. The molecular formula is C21H29NO3. The van der Waals surface area contributed by atoms with Crippen LogP contribution >= 0.6 is 0 Å². The van der Waals surface area contributed by atoms with Crippen LogP contribution in [0.3, 0.4) is 0 Å². The molecule has 4 nitrogen and oxygen atoms in total. The average molecular weight is 343 g/mol. The van der Waals surface area contributed by atoms with Crippen molar-refractivity contribution in [1.29, 1.82) is 0 Å². The molecule has 0 radical (unpaired) electrons. The summed E-state index contributed by atoms with van der Waals surface area (Å²) in [5.74, 6) is -0.176. The highest BCUT2D eigenvalue weighted by Crippen LogP contribution is 2.57. The summed E-state index contributed by atoms with van der Waals surface area (Å²) in [5.41, 5.74) is 3.94. The zero-order valence-corrected chi connectivity index (χ0v) is 15.7. The van der Waals surface area contributed by atoms with E-state index in [0.717, 1.165) is 37.7 Å². The van der Waals surface area contributed by atoms with Gasteiger partial charge < -0.3 is 10.3 Å². The molecule has 1 fully saturated rings. The van der Waals surface area contributed by atoms with Gasteiger partial charge in [-0.2, -0.15) is 0 Å². The summed E-state index contributed by atoms with van der Waals surface area (Å²) in [5, 5.41) is 22.2. The quantitative estimate of drug-likeness (QED) is 0.474. The fourth-order valence-electron chi connectivity index (χ4n) is 5.48. The van der Waals surface area contributed by atoms with E-state index in [1.807, 2.05) is 6.92 Å². The lowest BCUT2D eigenvalue weighted by atomic mass is 9.49. The van der Waals surface area contributed by atoms with Crippen LogP contribution in [0, 0.1) is 11.3 Å². The van der Waals surface area contributed by atoms with E-state index in [1.54, 1.807) is 0 Å². The third-order valence-electron chi connectivity index (χ3n) is 6.86. The number of benzene rings is 1. The molecule has 1 aromatic rings. The Hall–Kier alpha value is -1.84. The molecule has 25 heavy (non-hydrogen) atoms. The van der Waals surface area contributed by atoms with Crippen molar-refractivity contribution in [3.05, 3.63) is 34.4 Å². The number of aryl methyl sites for hydroxylation is 1. The van der Waals surface area contributed by atoms with E-state index < -0.39 is 11.4 Å². The number of rotatable bonds is 3. The van der Waals surface area contributed by atoms with Crippen LogP contribution < -0.4 is 0 Å². The van der Waals surface area contributed by atoms with Gasteiger partial charge in [0.25, 0.3) is 0 Å². The molecular weight excluding hydrogens is 314 g/mol. The van der Waals surface area contributed by atoms with Crippen LogP contribution in [0.1, 0.15) is 81.5 Å². The Morgan fingerprint density at radius 3 is 2.64 bits per heavy atom. The number of aliphatic carboxylic acids is 1. The molecule has 2 aliphatic rings. The molecule has 3 rings (SSSR count). The highest BCUT2D eigenvalue weighted by Gasteiger charge is 2.55. The fourth-order valence-corrected chi connectivity index (χ4v) is 5.48. The first-order valence-electron chi connectivity index (χ1n) is 9.32. The minimum atomic E-state index is -0.664. The lowest BCUT2D eigenvalue weighted by Gasteiger charge is -2.53. The largest absolute Gasteiger partial charge is 0.481 e. The summed E-state index contributed by atoms with van der Waals surface area (Å²) in [7, 11) is 0. The molecule has 136 valence electrons. The minimum absolute atomic E-state index is 0.132. The van der Waals surface area contributed by atoms with Crippen molar-refractivity contribution in [2.45, 2.75) is 71.1 Å². The Morgan fingerprint density at radius 2 is 2.04 bits per heavy atom. The second-order valence-electron chi connectivity index (χ2n) is 8.62. The highest BCUT2D eigenvalue weighted by molar-refractivity contribution is 5.83. The van der Waals surface area contributed by atoms with E-state index >= 15 is 0 Å². The molecule has 0 amide bonds. The first-order valence-corrected chi connectivity index (χ1v) is 9.32. The van der Waals surface area contributed by atoms with Crippen molar-refractivity contribution in [2.24, 2.45) is 16.5 Å². The number of hydrogen-bond acceptors (Lipinski definition) is 3. The van der Waals surface area contributed by atoms with E-state index in [1.165, 1.54) is 22.9 Å². The zero-order chi connectivity index (χ0) is 18.4. The van der Waals surface area contributed by atoms with Gasteiger partial charge in [-0.15, -0.1) is 0 Å². The molecule has 1 saturated carbocycles. The monoisotopic (exact) mass is 343 g/mol. The SMILES string of the molecule is CC(C)c1cc2c(cc1/C=N/O)[C@@]1(C)CCC[C@@](C)(C(=O)O)C1CC2. The lowest BCUT2D eigenvalue weighted by Crippen LogP contribution is -2.52. The Labute approximate surface area is 149 Å². The van der Waals surface area contributed by atoms with E-state index in [9.17, 15) is 9.90 Å². The van der Waals surface area contributed by atoms with E-state index in [0.29, 0.717) is 5.92 Å². The summed E-state index contributed by atoms with van der Waals surface area (Å²) < 4.78 is 0. The van der Waals surface area contributed by atoms with Crippen LogP contribution in [0.5, 0.6) is 0 Å². The van der Waals surface area contributed by atoms with Gasteiger partial charge in [0, 0.05) is 0 Å². The molecule has 1 unspecified atom stereocenters. The molecule has 2 aliphatic carbocycles. The van der Waals surface area contributed by atoms with Crippen LogP contribution in [-0.4, -0.2) is 22.5 Å². The number of oxime groups is 1. The van der Waals surface area contributed by atoms with E-state index in [4.69, 9.17) is 5.21 Å². The summed E-state index contributed by atoms with van der Waals surface area (Å²) >= 11 is 0. The van der Waals surface area contributed by atoms with Gasteiger partial charge in [-0.3, -0.25) is 4.79 Å².